The second-order valence-electron chi connectivity index (χ2n) is 6.09. The number of nitrogens with zero attached hydrogens (tertiary/aromatic N) is 1. The Balaban J connectivity index is 1.56. The molecule has 2 amide bonds. The predicted molar refractivity (Wildman–Crippen MR) is 88.4 cm³/mol. The largest absolute Gasteiger partial charge is 0.486 e. The van der Waals surface area contributed by atoms with Crippen molar-refractivity contribution >= 4 is 11.7 Å². The summed E-state index contributed by atoms with van der Waals surface area (Å²) in [6.45, 7) is 2.99. The van der Waals surface area contributed by atoms with Crippen LogP contribution < -0.4 is 14.8 Å². The summed E-state index contributed by atoms with van der Waals surface area (Å²) in [7, 11) is 0. The summed E-state index contributed by atoms with van der Waals surface area (Å²) in [5.74, 6) is 2.04. The van der Waals surface area contributed by atoms with Gasteiger partial charge in [0.1, 0.15) is 19.0 Å². The molecule has 0 bridgehead atoms. The number of amides is 2. The third-order valence-electron chi connectivity index (χ3n) is 4.35. The Kier molecular flexibility index (Phi) is 3.80. The lowest BCUT2D eigenvalue weighted by Crippen LogP contribution is -2.38. The second-order valence-corrected chi connectivity index (χ2v) is 6.09. The highest BCUT2D eigenvalue weighted by molar-refractivity contribution is 5.92. The number of nitrogens with one attached hydrogen (secondary N) is 1. The van der Waals surface area contributed by atoms with Crippen LogP contribution in [-0.2, 0) is 0 Å². The maximum atomic E-state index is 12.9. The molecule has 0 radical (unpaired) electrons. The van der Waals surface area contributed by atoms with Crippen LogP contribution in [0.1, 0.15) is 31.6 Å². The molecule has 1 N–H and O–H groups in total. The van der Waals surface area contributed by atoms with E-state index in [4.69, 9.17) is 13.9 Å². The molecule has 2 heterocycles. The lowest BCUT2D eigenvalue weighted by atomic mass is 10.2. The Morgan fingerprint density at radius 1 is 1.21 bits per heavy atom. The molecule has 1 aromatic heterocycles. The molecule has 2 aliphatic rings. The van der Waals surface area contributed by atoms with Crippen molar-refractivity contribution < 1.29 is 18.7 Å². The highest BCUT2D eigenvalue weighted by Crippen LogP contribution is 2.39. The summed E-state index contributed by atoms with van der Waals surface area (Å²) in [6.07, 6.45) is 3.67. The molecule has 4 rings (SSSR count). The highest BCUT2D eigenvalue weighted by atomic mass is 16.6. The summed E-state index contributed by atoms with van der Waals surface area (Å²) >= 11 is 0. The molecule has 1 aliphatic heterocycles. The van der Waals surface area contributed by atoms with E-state index in [1.54, 1.807) is 6.26 Å². The number of para-hydroxylation sites is 1. The van der Waals surface area contributed by atoms with Gasteiger partial charge in [-0.05, 0) is 44.0 Å². The third kappa shape index (κ3) is 2.79. The first kappa shape index (κ1) is 14.9. The number of ether oxygens (including phenoxy) is 2. The van der Waals surface area contributed by atoms with Crippen LogP contribution in [0.2, 0.25) is 0 Å². The molecular formula is C18H20N2O4. The van der Waals surface area contributed by atoms with Crippen molar-refractivity contribution in [2.45, 2.75) is 31.8 Å². The van der Waals surface area contributed by atoms with Crippen molar-refractivity contribution in [2.24, 2.45) is 0 Å². The van der Waals surface area contributed by atoms with Gasteiger partial charge in [0.15, 0.2) is 11.5 Å². The number of furan rings is 1. The van der Waals surface area contributed by atoms with Gasteiger partial charge in [-0.2, -0.15) is 0 Å². The number of hydrogen-bond acceptors (Lipinski definition) is 4. The molecule has 1 aliphatic carbocycles. The Morgan fingerprint density at radius 3 is 2.79 bits per heavy atom. The van der Waals surface area contributed by atoms with Crippen LogP contribution in [0.15, 0.2) is 41.0 Å². The van der Waals surface area contributed by atoms with Gasteiger partial charge in [0.2, 0.25) is 0 Å². The van der Waals surface area contributed by atoms with E-state index >= 15 is 0 Å². The van der Waals surface area contributed by atoms with Crippen molar-refractivity contribution in [3.63, 3.8) is 0 Å². The van der Waals surface area contributed by atoms with E-state index in [9.17, 15) is 4.79 Å². The fourth-order valence-corrected chi connectivity index (χ4v) is 3.03. The number of carbonyl (C=O) groups is 1. The molecule has 2 aromatic rings. The van der Waals surface area contributed by atoms with Crippen LogP contribution >= 0.6 is 0 Å². The zero-order chi connectivity index (χ0) is 16.5. The minimum atomic E-state index is -0.149. The minimum Gasteiger partial charge on any atom is -0.486 e. The molecule has 24 heavy (non-hydrogen) atoms. The lowest BCUT2D eigenvalue weighted by molar-refractivity contribution is 0.171. The number of carbonyl (C=O) groups excluding carboxylic acids is 1. The molecule has 1 saturated carbocycles. The Bertz CT molecular complexity index is 725. The molecular weight excluding hydrogens is 308 g/mol. The summed E-state index contributed by atoms with van der Waals surface area (Å²) < 4.78 is 16.7. The monoisotopic (exact) mass is 328 g/mol. The maximum absolute atomic E-state index is 12.9. The van der Waals surface area contributed by atoms with E-state index in [1.807, 2.05) is 42.2 Å². The van der Waals surface area contributed by atoms with Gasteiger partial charge in [0.25, 0.3) is 0 Å². The van der Waals surface area contributed by atoms with Crippen molar-refractivity contribution in [3.05, 3.63) is 42.4 Å². The molecule has 0 saturated heterocycles. The van der Waals surface area contributed by atoms with Gasteiger partial charge in [0, 0.05) is 6.04 Å². The molecule has 1 aromatic carbocycles. The zero-order valence-electron chi connectivity index (χ0n) is 13.5. The van der Waals surface area contributed by atoms with Gasteiger partial charge >= 0.3 is 6.03 Å². The van der Waals surface area contributed by atoms with Gasteiger partial charge in [-0.3, -0.25) is 0 Å². The van der Waals surface area contributed by atoms with Crippen LogP contribution in [0.4, 0.5) is 10.5 Å². The van der Waals surface area contributed by atoms with Gasteiger partial charge in [-0.25, -0.2) is 4.79 Å². The van der Waals surface area contributed by atoms with Gasteiger partial charge in [-0.1, -0.05) is 6.07 Å². The maximum Gasteiger partial charge on any atom is 0.322 e. The average Bonchev–Trinajstić information content (AvgIpc) is 3.26. The standard InChI is InChI=1S/C18H20N2O4/c1-12(15-6-3-9-22-15)20(13-7-8-13)18(21)19-14-4-2-5-16-17(14)24-11-10-23-16/h2-6,9,12-13H,7-8,10-11H2,1H3,(H,19,21)/t12-/m1/s1. The zero-order valence-corrected chi connectivity index (χ0v) is 13.5. The predicted octanol–water partition coefficient (Wildman–Crippen LogP) is 3.81. The van der Waals surface area contributed by atoms with E-state index in [0.29, 0.717) is 30.4 Å². The number of anilines is 1. The van der Waals surface area contributed by atoms with Crippen LogP contribution in [0, 0.1) is 0 Å². The van der Waals surface area contributed by atoms with E-state index in [-0.39, 0.29) is 18.1 Å². The minimum absolute atomic E-state index is 0.121. The van der Waals surface area contributed by atoms with Crippen LogP contribution in [-0.4, -0.2) is 30.2 Å². The van der Waals surface area contributed by atoms with Crippen LogP contribution in [0.3, 0.4) is 0 Å². The third-order valence-corrected chi connectivity index (χ3v) is 4.35. The summed E-state index contributed by atoms with van der Waals surface area (Å²) in [6, 6.07) is 9.24. The quantitative estimate of drug-likeness (QED) is 0.927. The van der Waals surface area contributed by atoms with E-state index in [2.05, 4.69) is 5.32 Å². The first-order valence-electron chi connectivity index (χ1n) is 8.25. The SMILES string of the molecule is C[C@H](c1ccco1)N(C(=O)Nc1cccc2c1OCCO2)C1CC1. The number of urea groups is 1. The van der Waals surface area contributed by atoms with Crippen molar-refractivity contribution in [1.29, 1.82) is 0 Å². The summed E-state index contributed by atoms with van der Waals surface area (Å²) in [5.41, 5.74) is 0.634. The topological polar surface area (TPSA) is 63.9 Å². The van der Waals surface area contributed by atoms with Gasteiger partial charge < -0.3 is 24.1 Å². The van der Waals surface area contributed by atoms with Crippen LogP contribution in [0.5, 0.6) is 11.5 Å². The number of benzene rings is 1. The molecule has 0 spiro atoms. The Morgan fingerprint density at radius 2 is 2.04 bits per heavy atom. The number of hydrogen-bond donors (Lipinski definition) is 1. The second kappa shape index (κ2) is 6.11. The first-order valence-corrected chi connectivity index (χ1v) is 8.25. The molecule has 126 valence electrons. The van der Waals surface area contributed by atoms with Gasteiger partial charge in [-0.15, -0.1) is 0 Å². The normalized spacial score (nSPS) is 17.2. The average molecular weight is 328 g/mol. The molecule has 6 nitrogen and oxygen atoms in total. The number of rotatable bonds is 4. The Labute approximate surface area is 140 Å². The molecule has 6 heteroatoms. The van der Waals surface area contributed by atoms with Crippen molar-refractivity contribution in [2.75, 3.05) is 18.5 Å². The lowest BCUT2D eigenvalue weighted by Gasteiger charge is -2.29. The molecule has 1 fully saturated rings. The fourth-order valence-electron chi connectivity index (χ4n) is 3.03. The molecule has 1 atom stereocenters. The van der Waals surface area contributed by atoms with Crippen LogP contribution in [0.25, 0.3) is 0 Å². The van der Waals surface area contributed by atoms with E-state index in [1.165, 1.54) is 0 Å². The number of fused-ring (bicyclic) bond motifs is 1. The van der Waals surface area contributed by atoms with E-state index < -0.39 is 0 Å². The van der Waals surface area contributed by atoms with Crippen molar-refractivity contribution in [1.82, 2.24) is 4.90 Å². The summed E-state index contributed by atoms with van der Waals surface area (Å²) in [5, 5.41) is 2.97. The van der Waals surface area contributed by atoms with Gasteiger partial charge in [0.05, 0.1) is 18.0 Å². The smallest absolute Gasteiger partial charge is 0.322 e. The van der Waals surface area contributed by atoms with E-state index in [0.717, 1.165) is 18.6 Å². The first-order chi connectivity index (χ1) is 11.7. The summed E-state index contributed by atoms with van der Waals surface area (Å²) in [4.78, 5) is 14.7. The highest BCUT2D eigenvalue weighted by Gasteiger charge is 2.37. The fraction of sp³-hybridized carbons (Fsp3) is 0.389. The Hall–Kier alpha value is -2.63. The van der Waals surface area contributed by atoms with Crippen molar-refractivity contribution in [3.8, 4) is 11.5 Å². The molecule has 0 unspecified atom stereocenters.